The van der Waals surface area contributed by atoms with Crippen LogP contribution in [0.1, 0.15) is 51.6 Å². The van der Waals surface area contributed by atoms with E-state index in [-0.39, 0.29) is 30.4 Å². The van der Waals surface area contributed by atoms with E-state index in [0.717, 1.165) is 5.56 Å². The van der Waals surface area contributed by atoms with Gasteiger partial charge in [0.2, 0.25) is 17.7 Å². The Bertz CT molecular complexity index is 1090. The Morgan fingerprint density at radius 2 is 1.82 bits per heavy atom. The molecule has 206 valence electrons. The van der Waals surface area contributed by atoms with Crippen LogP contribution in [0.15, 0.2) is 55.6 Å². The van der Waals surface area contributed by atoms with Crippen LogP contribution in [0.5, 0.6) is 0 Å². The summed E-state index contributed by atoms with van der Waals surface area (Å²) in [6.45, 7) is 13.7. The van der Waals surface area contributed by atoms with Gasteiger partial charge >= 0.3 is 0 Å². The van der Waals surface area contributed by atoms with Gasteiger partial charge in [-0.15, -0.1) is 13.2 Å². The second-order valence-corrected chi connectivity index (χ2v) is 11.1. The molecule has 8 nitrogen and oxygen atoms in total. The van der Waals surface area contributed by atoms with Crippen molar-refractivity contribution in [2.24, 2.45) is 11.8 Å². The number of hydrogen-bond donors (Lipinski definition) is 1. The second kappa shape index (κ2) is 10.7. The number of amides is 3. The number of ether oxygens (including phenoxy) is 1. The summed E-state index contributed by atoms with van der Waals surface area (Å²) in [6, 6.07) is 7.37. The number of carbonyl (C=O) groups is 3. The predicted molar refractivity (Wildman–Crippen MR) is 145 cm³/mol. The molecule has 3 aliphatic heterocycles. The first-order chi connectivity index (χ1) is 18.1. The number of hydrogen-bond acceptors (Lipinski definition) is 5. The first-order valence-corrected chi connectivity index (χ1v) is 13.6. The number of likely N-dealkylation sites (N-methyl/N-ethyl adjacent to an activating group) is 1. The standard InChI is InChI=1S/C30H41N3O5/c1-7-17-31(6)26(35)23-24-27(36)33(22(19-34)21-13-11-10-12-14-21)25(28(37)32(18-8-2)20(4)5)30(24)16-15-29(23,9-3)38-30/h7-8,10-14,20,22-25,34H,1-2,9,15-19H2,3-6H3/t22-,23+,24+,25?,29-,30?/m1/s1. The van der Waals surface area contributed by atoms with E-state index in [1.54, 1.807) is 29.0 Å². The minimum Gasteiger partial charge on any atom is -0.394 e. The Hall–Kier alpha value is -2.97. The normalized spacial score (nSPS) is 30.3. The van der Waals surface area contributed by atoms with Gasteiger partial charge in [-0.25, -0.2) is 0 Å². The lowest BCUT2D eigenvalue weighted by Crippen LogP contribution is -2.58. The van der Waals surface area contributed by atoms with E-state index in [1.165, 1.54) is 4.90 Å². The van der Waals surface area contributed by atoms with Crippen LogP contribution in [0.25, 0.3) is 0 Å². The first-order valence-electron chi connectivity index (χ1n) is 13.6. The SMILES string of the molecule is C=CCN(C)C(=O)[C@@H]1[C@H]2C(=O)N([C@H](CO)c3ccccc3)C(C(=O)N(CC=C)C(C)C)C23CC[C@@]1(CC)O3. The molecule has 3 fully saturated rings. The Labute approximate surface area is 225 Å². The van der Waals surface area contributed by atoms with E-state index in [9.17, 15) is 19.5 Å². The van der Waals surface area contributed by atoms with Crippen LogP contribution in [0, 0.1) is 11.8 Å². The number of benzene rings is 1. The summed E-state index contributed by atoms with van der Waals surface area (Å²) in [5, 5.41) is 10.6. The summed E-state index contributed by atoms with van der Waals surface area (Å²) >= 11 is 0. The number of fused-ring (bicyclic) bond motifs is 1. The third-order valence-electron chi connectivity index (χ3n) is 8.82. The van der Waals surface area contributed by atoms with E-state index >= 15 is 0 Å². The third kappa shape index (κ3) is 4.09. The maximum absolute atomic E-state index is 14.5. The molecule has 3 amide bonds. The predicted octanol–water partition coefficient (Wildman–Crippen LogP) is 2.94. The highest BCUT2D eigenvalue weighted by Crippen LogP contribution is 2.65. The zero-order valence-electron chi connectivity index (χ0n) is 23.0. The molecule has 6 atom stereocenters. The molecule has 0 radical (unpaired) electrons. The van der Waals surface area contributed by atoms with Gasteiger partial charge in [0, 0.05) is 26.2 Å². The second-order valence-electron chi connectivity index (χ2n) is 11.1. The van der Waals surface area contributed by atoms with Gasteiger partial charge in [-0.1, -0.05) is 49.4 Å². The lowest BCUT2D eigenvalue weighted by molar-refractivity contribution is -0.158. The van der Waals surface area contributed by atoms with Crippen molar-refractivity contribution in [3.05, 3.63) is 61.2 Å². The van der Waals surface area contributed by atoms with Crippen LogP contribution < -0.4 is 0 Å². The molecule has 1 N–H and O–H groups in total. The highest BCUT2D eigenvalue weighted by Gasteiger charge is 2.79. The van der Waals surface area contributed by atoms with Gasteiger partial charge in [-0.3, -0.25) is 14.4 Å². The van der Waals surface area contributed by atoms with Crippen LogP contribution in [0.4, 0.5) is 0 Å². The highest BCUT2D eigenvalue weighted by atomic mass is 16.5. The monoisotopic (exact) mass is 523 g/mol. The molecular weight excluding hydrogens is 482 g/mol. The lowest BCUT2D eigenvalue weighted by Gasteiger charge is -2.40. The van der Waals surface area contributed by atoms with Crippen molar-refractivity contribution in [2.75, 3.05) is 26.7 Å². The van der Waals surface area contributed by atoms with Gasteiger partial charge in [-0.05, 0) is 38.7 Å². The van der Waals surface area contributed by atoms with Crippen LogP contribution in [-0.4, -0.2) is 87.6 Å². The number of carbonyl (C=O) groups excluding carboxylic acids is 3. The molecule has 2 unspecified atom stereocenters. The van der Waals surface area contributed by atoms with Gasteiger partial charge in [0.05, 0.1) is 30.1 Å². The Morgan fingerprint density at radius 1 is 1.16 bits per heavy atom. The molecule has 8 heteroatoms. The molecule has 3 aliphatic rings. The van der Waals surface area contributed by atoms with Crippen LogP contribution >= 0.6 is 0 Å². The van der Waals surface area contributed by atoms with Gasteiger partial charge in [0.25, 0.3) is 0 Å². The zero-order valence-corrected chi connectivity index (χ0v) is 23.0. The van der Waals surface area contributed by atoms with Crippen molar-refractivity contribution in [3.63, 3.8) is 0 Å². The Balaban J connectivity index is 1.90. The molecule has 4 rings (SSSR count). The maximum atomic E-state index is 14.5. The molecule has 1 aromatic rings. The van der Waals surface area contributed by atoms with Crippen LogP contribution in [0.2, 0.25) is 0 Å². The molecule has 0 saturated carbocycles. The molecule has 1 aromatic carbocycles. The van der Waals surface area contributed by atoms with E-state index in [1.807, 2.05) is 51.1 Å². The number of likely N-dealkylation sites (tertiary alicyclic amines) is 1. The van der Waals surface area contributed by atoms with Crippen molar-refractivity contribution in [2.45, 2.75) is 69.4 Å². The zero-order chi connectivity index (χ0) is 27.8. The summed E-state index contributed by atoms with van der Waals surface area (Å²) in [7, 11) is 1.71. The molecule has 2 bridgehead atoms. The molecule has 38 heavy (non-hydrogen) atoms. The first kappa shape index (κ1) is 28.0. The number of aliphatic hydroxyl groups excluding tert-OH is 1. The Kier molecular flexibility index (Phi) is 7.86. The summed E-state index contributed by atoms with van der Waals surface area (Å²) in [6.07, 6.45) is 4.96. The van der Waals surface area contributed by atoms with Crippen molar-refractivity contribution < 1.29 is 24.2 Å². The average Bonchev–Trinajstić information content (AvgIpc) is 3.51. The summed E-state index contributed by atoms with van der Waals surface area (Å²) in [4.78, 5) is 47.6. The average molecular weight is 524 g/mol. The minimum absolute atomic E-state index is 0.146. The summed E-state index contributed by atoms with van der Waals surface area (Å²) in [5.41, 5.74) is -1.25. The quantitative estimate of drug-likeness (QED) is 0.451. The van der Waals surface area contributed by atoms with Crippen molar-refractivity contribution in [3.8, 4) is 0 Å². The Morgan fingerprint density at radius 3 is 2.37 bits per heavy atom. The van der Waals surface area contributed by atoms with E-state index in [0.29, 0.717) is 32.4 Å². The van der Waals surface area contributed by atoms with E-state index < -0.39 is 35.1 Å². The summed E-state index contributed by atoms with van der Waals surface area (Å²) < 4.78 is 6.86. The fourth-order valence-corrected chi connectivity index (χ4v) is 7.05. The molecular formula is C30H41N3O5. The molecule has 3 saturated heterocycles. The number of rotatable bonds is 11. The van der Waals surface area contributed by atoms with Gasteiger partial charge < -0.3 is 24.5 Å². The topological polar surface area (TPSA) is 90.4 Å². The van der Waals surface area contributed by atoms with Crippen molar-refractivity contribution in [1.29, 1.82) is 0 Å². The molecule has 0 aliphatic carbocycles. The number of aliphatic hydroxyl groups is 1. The van der Waals surface area contributed by atoms with Crippen LogP contribution in [-0.2, 0) is 19.1 Å². The number of nitrogens with zero attached hydrogens (tertiary/aromatic N) is 3. The molecule has 3 heterocycles. The van der Waals surface area contributed by atoms with Crippen LogP contribution in [0.3, 0.4) is 0 Å². The fourth-order valence-electron chi connectivity index (χ4n) is 7.05. The van der Waals surface area contributed by atoms with Crippen molar-refractivity contribution in [1.82, 2.24) is 14.7 Å². The van der Waals surface area contributed by atoms with Crippen molar-refractivity contribution >= 4 is 17.7 Å². The van der Waals surface area contributed by atoms with E-state index in [2.05, 4.69) is 13.2 Å². The minimum atomic E-state index is -1.16. The maximum Gasteiger partial charge on any atom is 0.248 e. The fraction of sp³-hybridized carbons (Fsp3) is 0.567. The summed E-state index contributed by atoms with van der Waals surface area (Å²) in [5.74, 6) is -2.27. The lowest BCUT2D eigenvalue weighted by atomic mass is 9.64. The van der Waals surface area contributed by atoms with Gasteiger partial charge in [0.1, 0.15) is 11.6 Å². The third-order valence-corrected chi connectivity index (χ3v) is 8.82. The van der Waals surface area contributed by atoms with Gasteiger partial charge in [0.15, 0.2) is 0 Å². The smallest absolute Gasteiger partial charge is 0.248 e. The van der Waals surface area contributed by atoms with E-state index in [4.69, 9.17) is 4.74 Å². The largest absolute Gasteiger partial charge is 0.394 e. The molecule has 0 aromatic heterocycles. The highest BCUT2D eigenvalue weighted by molar-refractivity contribution is 5.99. The van der Waals surface area contributed by atoms with Gasteiger partial charge in [-0.2, -0.15) is 0 Å². The molecule has 1 spiro atoms.